The van der Waals surface area contributed by atoms with Crippen LogP contribution in [0.3, 0.4) is 0 Å². The van der Waals surface area contributed by atoms with Crippen LogP contribution in [0.5, 0.6) is 5.75 Å². The minimum Gasteiger partial charge on any atom is -0.495 e. The maximum absolute atomic E-state index is 12.3. The van der Waals surface area contributed by atoms with E-state index in [-0.39, 0.29) is 11.2 Å². The molecule has 5 nitrogen and oxygen atoms in total. The number of hydrogen-bond acceptors (Lipinski definition) is 4. The van der Waals surface area contributed by atoms with Crippen molar-refractivity contribution in [3.05, 3.63) is 46.0 Å². The first-order chi connectivity index (χ1) is 11.9. The number of aromatic nitrogens is 2. The van der Waals surface area contributed by atoms with Crippen molar-refractivity contribution < 1.29 is 4.74 Å². The number of nitrogens with zero attached hydrogens (tertiary/aromatic N) is 2. The van der Waals surface area contributed by atoms with Gasteiger partial charge in [-0.1, -0.05) is 46.3 Å². The molecule has 2 N–H and O–H groups in total. The third kappa shape index (κ3) is 4.55. The number of rotatable bonds is 2. The first kappa shape index (κ1) is 19.8. The fourth-order valence-corrected chi connectivity index (χ4v) is 3.00. The Morgan fingerprint density at radius 2 is 1.88 bits per heavy atom. The van der Waals surface area contributed by atoms with E-state index in [4.69, 9.17) is 10.5 Å². The lowest BCUT2D eigenvalue weighted by Gasteiger charge is -2.24. The molecule has 0 aliphatic rings. The average Bonchev–Trinajstić information content (AvgIpc) is 2.50. The normalized spacial score (nSPS) is 11.7. The second-order valence-corrected chi connectivity index (χ2v) is 13.1. The van der Waals surface area contributed by atoms with E-state index < -0.39 is 13.8 Å². The topological polar surface area (TPSA) is 70.1 Å². The average molecular weight is 370 g/mol. The minimum atomic E-state index is -1.57. The van der Waals surface area contributed by atoms with E-state index in [1.54, 1.807) is 19.4 Å². The van der Waals surface area contributed by atoms with Gasteiger partial charge in [0.1, 0.15) is 19.6 Å². The summed E-state index contributed by atoms with van der Waals surface area (Å²) in [5, 5.41) is 0. The Bertz CT molecular complexity index is 939. The number of methoxy groups -OCH3 is 1. The quantitative estimate of drug-likeness (QED) is 0.651. The molecule has 2 rings (SSSR count). The van der Waals surface area contributed by atoms with E-state index in [2.05, 4.69) is 56.9 Å². The van der Waals surface area contributed by atoms with Crippen LogP contribution in [0.4, 0.5) is 5.82 Å². The van der Waals surface area contributed by atoms with Crippen LogP contribution in [0, 0.1) is 11.5 Å². The van der Waals surface area contributed by atoms with Gasteiger partial charge in [0.25, 0.3) is 0 Å². The van der Waals surface area contributed by atoms with Gasteiger partial charge in [-0.25, -0.2) is 4.79 Å². The van der Waals surface area contributed by atoms with E-state index in [9.17, 15) is 4.79 Å². The summed E-state index contributed by atoms with van der Waals surface area (Å²) in [5.41, 5.74) is 10.9. The molecule has 0 atom stereocenters. The summed E-state index contributed by atoms with van der Waals surface area (Å²) in [6, 6.07) is 5.44. The fraction of sp³-hybridized carbons (Fsp3) is 0.400. The van der Waals surface area contributed by atoms with Gasteiger partial charge in [0.15, 0.2) is 0 Å². The number of benzene rings is 1. The Morgan fingerprint density at radius 1 is 1.23 bits per heavy atom. The first-order valence-corrected chi connectivity index (χ1v) is 12.0. The maximum atomic E-state index is 12.3. The third-order valence-electron chi connectivity index (χ3n) is 3.76. The second kappa shape index (κ2) is 7.00. The third-order valence-corrected chi connectivity index (χ3v) is 4.64. The van der Waals surface area contributed by atoms with Crippen LogP contribution in [0.2, 0.25) is 19.6 Å². The molecule has 0 radical (unpaired) electrons. The molecule has 26 heavy (non-hydrogen) atoms. The van der Waals surface area contributed by atoms with Crippen LogP contribution in [-0.4, -0.2) is 24.7 Å². The summed E-state index contributed by atoms with van der Waals surface area (Å²) in [7, 11) is 0.0856. The van der Waals surface area contributed by atoms with Gasteiger partial charge in [-0.3, -0.25) is 4.57 Å². The summed E-state index contributed by atoms with van der Waals surface area (Å²) in [4.78, 5) is 16.1. The molecular weight excluding hydrogens is 342 g/mol. The van der Waals surface area contributed by atoms with Crippen molar-refractivity contribution in [1.82, 2.24) is 9.55 Å². The molecule has 0 fully saturated rings. The molecule has 0 bridgehead atoms. The van der Waals surface area contributed by atoms with E-state index in [0.29, 0.717) is 5.69 Å². The Labute approximate surface area is 156 Å². The van der Waals surface area contributed by atoms with Crippen molar-refractivity contribution in [2.45, 2.75) is 45.8 Å². The Morgan fingerprint density at radius 3 is 2.38 bits per heavy atom. The lowest BCUT2D eigenvalue weighted by Crippen LogP contribution is -2.23. The molecule has 0 saturated heterocycles. The van der Waals surface area contributed by atoms with Crippen molar-refractivity contribution in [3.63, 3.8) is 0 Å². The van der Waals surface area contributed by atoms with Crippen LogP contribution < -0.4 is 16.2 Å². The SMILES string of the molecule is COc1c(C#C[Si](C)(C)C)cc(-n2ccc(N)nc2=O)cc1C(C)(C)C. The lowest BCUT2D eigenvalue weighted by molar-refractivity contribution is 0.396. The Balaban J connectivity index is 2.82. The van der Waals surface area contributed by atoms with Gasteiger partial charge in [-0.15, -0.1) is 5.54 Å². The molecule has 6 heteroatoms. The summed E-state index contributed by atoms with van der Waals surface area (Å²) in [6.45, 7) is 12.9. The summed E-state index contributed by atoms with van der Waals surface area (Å²) in [5.74, 6) is 4.24. The summed E-state index contributed by atoms with van der Waals surface area (Å²) >= 11 is 0. The molecule has 1 heterocycles. The Hall–Kier alpha value is -2.52. The van der Waals surface area contributed by atoms with Crippen molar-refractivity contribution in [2.24, 2.45) is 0 Å². The minimum absolute atomic E-state index is 0.179. The van der Waals surface area contributed by atoms with Gasteiger partial charge < -0.3 is 10.5 Å². The molecule has 138 valence electrons. The van der Waals surface area contributed by atoms with E-state index in [1.165, 1.54) is 4.57 Å². The highest BCUT2D eigenvalue weighted by atomic mass is 28.3. The Kier molecular flexibility index (Phi) is 5.33. The zero-order chi connectivity index (χ0) is 19.7. The molecule has 0 aliphatic carbocycles. The number of nitrogen functional groups attached to an aromatic ring is 1. The monoisotopic (exact) mass is 369 g/mol. The van der Waals surface area contributed by atoms with Crippen LogP contribution in [-0.2, 0) is 5.41 Å². The first-order valence-electron chi connectivity index (χ1n) is 8.53. The van der Waals surface area contributed by atoms with Gasteiger partial charge in [0.05, 0.1) is 18.4 Å². The van der Waals surface area contributed by atoms with Gasteiger partial charge in [0.2, 0.25) is 0 Å². The van der Waals surface area contributed by atoms with E-state index in [1.807, 2.05) is 12.1 Å². The van der Waals surface area contributed by atoms with E-state index >= 15 is 0 Å². The number of hydrogen-bond donors (Lipinski definition) is 1. The summed E-state index contributed by atoms with van der Waals surface area (Å²) < 4.78 is 7.18. The van der Waals surface area contributed by atoms with Crippen LogP contribution in [0.25, 0.3) is 5.69 Å². The van der Waals surface area contributed by atoms with Crippen molar-refractivity contribution >= 4 is 13.9 Å². The zero-order valence-electron chi connectivity index (χ0n) is 16.6. The zero-order valence-corrected chi connectivity index (χ0v) is 17.6. The molecule has 2 aromatic rings. The molecule has 0 aliphatic heterocycles. The molecule has 0 unspecified atom stereocenters. The molecule has 0 saturated carbocycles. The second-order valence-electron chi connectivity index (χ2n) is 8.33. The van der Waals surface area contributed by atoms with Crippen LogP contribution in [0.15, 0.2) is 29.2 Å². The van der Waals surface area contributed by atoms with Gasteiger partial charge in [-0.2, -0.15) is 4.98 Å². The molecule has 0 amide bonds. The number of nitrogens with two attached hydrogens (primary N) is 1. The smallest absolute Gasteiger partial charge is 0.354 e. The van der Waals surface area contributed by atoms with Gasteiger partial charge in [0, 0.05) is 11.8 Å². The molecular formula is C20H27N3O2Si. The predicted molar refractivity (Wildman–Crippen MR) is 110 cm³/mol. The highest BCUT2D eigenvalue weighted by Gasteiger charge is 2.23. The summed E-state index contributed by atoms with van der Waals surface area (Å²) in [6.07, 6.45) is 1.63. The maximum Gasteiger partial charge on any atom is 0.354 e. The molecule has 0 spiro atoms. The van der Waals surface area contributed by atoms with Crippen LogP contribution >= 0.6 is 0 Å². The predicted octanol–water partition coefficient (Wildman–Crippen LogP) is 3.35. The van der Waals surface area contributed by atoms with Crippen molar-refractivity contribution in [1.29, 1.82) is 0 Å². The highest BCUT2D eigenvalue weighted by Crippen LogP contribution is 2.35. The van der Waals surface area contributed by atoms with E-state index in [0.717, 1.165) is 16.9 Å². The molecule has 1 aromatic heterocycles. The number of ether oxygens (including phenoxy) is 1. The largest absolute Gasteiger partial charge is 0.495 e. The van der Waals surface area contributed by atoms with Gasteiger partial charge in [-0.05, 0) is 23.6 Å². The number of anilines is 1. The van der Waals surface area contributed by atoms with Crippen LogP contribution in [0.1, 0.15) is 31.9 Å². The van der Waals surface area contributed by atoms with Crippen molar-refractivity contribution in [3.8, 4) is 22.9 Å². The molecule has 1 aromatic carbocycles. The lowest BCUT2D eigenvalue weighted by atomic mass is 9.84. The standard InChI is InChI=1S/C20H27N3O2Si/c1-20(2,3)16-13-15(23-10-8-17(21)22-19(23)24)12-14(18(16)25-4)9-11-26(5,6)7/h8,10,12-13H,1-7H3,(H2,21,22,24). The fourth-order valence-electron chi connectivity index (χ4n) is 2.49. The van der Waals surface area contributed by atoms with Gasteiger partial charge >= 0.3 is 5.69 Å². The highest BCUT2D eigenvalue weighted by molar-refractivity contribution is 6.83. The van der Waals surface area contributed by atoms with Crippen molar-refractivity contribution in [2.75, 3.05) is 12.8 Å².